The van der Waals surface area contributed by atoms with E-state index in [4.69, 9.17) is 9.47 Å². The summed E-state index contributed by atoms with van der Waals surface area (Å²) in [6, 6.07) is 1.91. The Bertz CT molecular complexity index is 796. The van der Waals surface area contributed by atoms with E-state index in [0.717, 1.165) is 25.0 Å². The van der Waals surface area contributed by atoms with E-state index in [1.807, 2.05) is 6.92 Å². The summed E-state index contributed by atoms with van der Waals surface area (Å²) in [6.45, 7) is 4.36. The second kappa shape index (κ2) is 10.6. The first-order valence-electron chi connectivity index (χ1n) is 8.54. The first-order chi connectivity index (χ1) is 13.0. The van der Waals surface area contributed by atoms with E-state index in [0.29, 0.717) is 24.0 Å². The van der Waals surface area contributed by atoms with Crippen molar-refractivity contribution in [2.45, 2.75) is 33.1 Å². The van der Waals surface area contributed by atoms with Crippen molar-refractivity contribution in [3.8, 4) is 5.75 Å². The topological polar surface area (TPSA) is 72.8 Å². The number of hydrogen-bond donors (Lipinski definition) is 1. The number of aromatic nitrogens is 1. The average molecular weight is 397 g/mol. The minimum Gasteiger partial charge on any atom is -0.490 e. The van der Waals surface area contributed by atoms with Gasteiger partial charge < -0.3 is 9.47 Å². The van der Waals surface area contributed by atoms with Crippen LogP contribution in [0.4, 0.5) is 13.9 Å². The number of hydrogen-bond acceptors (Lipinski definition) is 7. The predicted molar refractivity (Wildman–Crippen MR) is 100 cm³/mol. The molecule has 146 valence electrons. The molecule has 0 saturated carbocycles. The fraction of sp³-hybridized carbons (Fsp3) is 0.389. The third kappa shape index (κ3) is 6.59. The SMILES string of the molecule is CCCCOc1c(F)cc(F)cc1C=NNc1nc(CC(=O)OCC)cs1. The Labute approximate surface area is 160 Å². The van der Waals surface area contributed by atoms with Crippen LogP contribution in [-0.4, -0.2) is 30.4 Å². The van der Waals surface area contributed by atoms with Gasteiger partial charge in [0, 0.05) is 17.0 Å². The summed E-state index contributed by atoms with van der Waals surface area (Å²) >= 11 is 1.25. The van der Waals surface area contributed by atoms with Gasteiger partial charge in [-0.25, -0.2) is 13.8 Å². The zero-order valence-corrected chi connectivity index (χ0v) is 15.9. The normalized spacial score (nSPS) is 11.0. The van der Waals surface area contributed by atoms with E-state index < -0.39 is 11.6 Å². The highest BCUT2D eigenvalue weighted by atomic mass is 32.1. The minimum atomic E-state index is -0.779. The average Bonchev–Trinajstić information content (AvgIpc) is 3.04. The van der Waals surface area contributed by atoms with Crippen molar-refractivity contribution < 1.29 is 23.0 Å². The molecule has 0 atom stereocenters. The number of esters is 1. The molecule has 2 aromatic rings. The fourth-order valence-corrected chi connectivity index (χ4v) is 2.76. The van der Waals surface area contributed by atoms with Crippen LogP contribution in [-0.2, 0) is 16.0 Å². The lowest BCUT2D eigenvalue weighted by atomic mass is 10.2. The highest BCUT2D eigenvalue weighted by Gasteiger charge is 2.12. The van der Waals surface area contributed by atoms with Gasteiger partial charge in [0.1, 0.15) is 5.82 Å². The maximum absolute atomic E-state index is 14.0. The maximum Gasteiger partial charge on any atom is 0.311 e. The lowest BCUT2D eigenvalue weighted by Crippen LogP contribution is -2.07. The maximum atomic E-state index is 14.0. The monoisotopic (exact) mass is 397 g/mol. The van der Waals surface area contributed by atoms with E-state index >= 15 is 0 Å². The van der Waals surface area contributed by atoms with Gasteiger partial charge in [0.2, 0.25) is 5.13 Å². The van der Waals surface area contributed by atoms with Crippen LogP contribution in [0.15, 0.2) is 22.6 Å². The molecule has 2 rings (SSSR count). The number of benzene rings is 1. The van der Waals surface area contributed by atoms with E-state index in [2.05, 4.69) is 15.5 Å². The molecule has 0 saturated heterocycles. The van der Waals surface area contributed by atoms with Crippen LogP contribution in [0.1, 0.15) is 37.9 Å². The summed E-state index contributed by atoms with van der Waals surface area (Å²) in [6.07, 6.45) is 2.99. The van der Waals surface area contributed by atoms with Crippen molar-refractivity contribution in [1.29, 1.82) is 0 Å². The number of halogens is 2. The number of nitrogens with one attached hydrogen (secondary N) is 1. The van der Waals surface area contributed by atoms with E-state index in [9.17, 15) is 13.6 Å². The van der Waals surface area contributed by atoms with Gasteiger partial charge in [-0.05, 0) is 19.4 Å². The fourth-order valence-electron chi connectivity index (χ4n) is 2.10. The molecule has 0 radical (unpaired) electrons. The molecule has 0 unspecified atom stereocenters. The summed E-state index contributed by atoms with van der Waals surface area (Å²) in [5.41, 5.74) is 3.41. The van der Waals surface area contributed by atoms with Crippen molar-refractivity contribution in [3.05, 3.63) is 40.4 Å². The zero-order chi connectivity index (χ0) is 19.6. The van der Waals surface area contributed by atoms with E-state index in [-0.39, 0.29) is 23.7 Å². The number of unbranched alkanes of at least 4 members (excludes halogenated alkanes) is 1. The Hall–Kier alpha value is -2.55. The van der Waals surface area contributed by atoms with Crippen molar-refractivity contribution >= 4 is 28.7 Å². The summed E-state index contributed by atoms with van der Waals surface area (Å²) in [4.78, 5) is 15.6. The summed E-state index contributed by atoms with van der Waals surface area (Å²) in [7, 11) is 0. The molecule has 6 nitrogen and oxygen atoms in total. The molecule has 0 bridgehead atoms. The number of nitrogens with zero attached hydrogens (tertiary/aromatic N) is 2. The Balaban J connectivity index is 2.03. The molecule has 1 heterocycles. The van der Waals surface area contributed by atoms with Gasteiger partial charge in [-0.1, -0.05) is 13.3 Å². The summed E-state index contributed by atoms with van der Waals surface area (Å²) < 4.78 is 37.7. The van der Waals surface area contributed by atoms with Gasteiger partial charge in [-0.2, -0.15) is 5.10 Å². The van der Waals surface area contributed by atoms with Crippen LogP contribution >= 0.6 is 11.3 Å². The highest BCUT2D eigenvalue weighted by molar-refractivity contribution is 7.13. The Morgan fingerprint density at radius 2 is 2.19 bits per heavy atom. The lowest BCUT2D eigenvalue weighted by molar-refractivity contribution is -0.142. The van der Waals surface area contributed by atoms with Crippen LogP contribution in [0, 0.1) is 11.6 Å². The quantitative estimate of drug-likeness (QED) is 0.282. The predicted octanol–water partition coefficient (Wildman–Crippen LogP) is 4.15. The first kappa shape index (κ1) is 20.8. The molecule has 1 aromatic heterocycles. The number of hydrazone groups is 1. The van der Waals surface area contributed by atoms with Crippen LogP contribution < -0.4 is 10.2 Å². The van der Waals surface area contributed by atoms with Gasteiger partial charge >= 0.3 is 5.97 Å². The van der Waals surface area contributed by atoms with Crippen LogP contribution in [0.2, 0.25) is 0 Å². The Kier molecular flexibility index (Phi) is 8.12. The van der Waals surface area contributed by atoms with Gasteiger partial charge in [0.05, 0.1) is 31.5 Å². The van der Waals surface area contributed by atoms with Gasteiger partial charge in [0.25, 0.3) is 0 Å². The van der Waals surface area contributed by atoms with Crippen LogP contribution in [0.5, 0.6) is 5.75 Å². The van der Waals surface area contributed by atoms with Crippen molar-refractivity contribution in [2.75, 3.05) is 18.6 Å². The summed E-state index contributed by atoms with van der Waals surface area (Å²) in [5.74, 6) is -1.90. The first-order valence-corrected chi connectivity index (χ1v) is 9.42. The van der Waals surface area contributed by atoms with Crippen LogP contribution in [0.3, 0.4) is 0 Å². The Morgan fingerprint density at radius 1 is 1.37 bits per heavy atom. The number of rotatable bonds is 10. The summed E-state index contributed by atoms with van der Waals surface area (Å²) in [5, 5.41) is 6.10. The third-order valence-corrected chi connectivity index (χ3v) is 4.12. The number of carbonyl (C=O) groups excluding carboxylic acids is 1. The van der Waals surface area contributed by atoms with Gasteiger partial charge in [-0.15, -0.1) is 11.3 Å². The minimum absolute atomic E-state index is 0.0439. The molecule has 0 aliphatic carbocycles. The third-order valence-electron chi connectivity index (χ3n) is 3.33. The van der Waals surface area contributed by atoms with Gasteiger partial charge in [-0.3, -0.25) is 10.2 Å². The van der Waals surface area contributed by atoms with Crippen molar-refractivity contribution in [1.82, 2.24) is 4.98 Å². The number of anilines is 1. The molecule has 0 aliphatic rings. The molecule has 0 aliphatic heterocycles. The molecule has 1 aromatic carbocycles. The van der Waals surface area contributed by atoms with Crippen LogP contribution in [0.25, 0.3) is 0 Å². The number of ether oxygens (including phenoxy) is 2. The molecule has 1 N–H and O–H groups in total. The second-order valence-corrected chi connectivity index (χ2v) is 6.36. The van der Waals surface area contributed by atoms with E-state index in [1.165, 1.54) is 17.6 Å². The smallest absolute Gasteiger partial charge is 0.311 e. The second-order valence-electron chi connectivity index (χ2n) is 5.50. The van der Waals surface area contributed by atoms with Gasteiger partial charge in [0.15, 0.2) is 11.6 Å². The highest BCUT2D eigenvalue weighted by Crippen LogP contribution is 2.24. The molecule has 0 fully saturated rings. The zero-order valence-electron chi connectivity index (χ0n) is 15.1. The molecular weight excluding hydrogens is 376 g/mol. The molecule has 27 heavy (non-hydrogen) atoms. The standard InChI is InChI=1S/C18H21F2N3O3S/c1-3-5-6-26-17-12(7-13(19)8-15(17)20)10-21-23-18-22-14(11-27-18)9-16(24)25-4-2/h7-8,10-11H,3-6,9H2,1-2H3,(H,22,23). The molecule has 0 amide bonds. The van der Waals surface area contributed by atoms with E-state index in [1.54, 1.807) is 12.3 Å². The molecular formula is C18H21F2N3O3S. The van der Waals surface area contributed by atoms with Crippen molar-refractivity contribution in [3.63, 3.8) is 0 Å². The largest absolute Gasteiger partial charge is 0.490 e. The number of thiazole rings is 1. The molecule has 9 heteroatoms. The van der Waals surface area contributed by atoms with Crippen molar-refractivity contribution in [2.24, 2.45) is 5.10 Å². The Morgan fingerprint density at radius 3 is 2.93 bits per heavy atom. The molecule has 0 spiro atoms. The number of carbonyl (C=O) groups is 1. The lowest BCUT2D eigenvalue weighted by Gasteiger charge is -2.09.